The Morgan fingerprint density at radius 1 is 0.244 bits per heavy atom. The number of phenolic OH excluding ortho intramolecular Hbond substituents is 5. The monoisotopic (exact) mass is 584 g/mol. The Morgan fingerprint density at radius 2 is 0.578 bits per heavy atom. The maximum Gasteiger partial charge on any atom is 0.208 e. The molecule has 0 unspecified atom stereocenters. The Morgan fingerprint density at radius 3 is 0.978 bits per heavy atom. The maximum absolute atomic E-state index is 11.2. The molecule has 0 saturated carbocycles. The van der Waals surface area contributed by atoms with Crippen LogP contribution in [0, 0.1) is 0 Å². The summed E-state index contributed by atoms with van der Waals surface area (Å²) >= 11 is 0. The molecule has 9 aromatic rings. The van der Waals surface area contributed by atoms with Gasteiger partial charge in [-0.2, -0.15) is 0 Å². The fourth-order valence-corrected chi connectivity index (χ4v) is 7.38. The first kappa shape index (κ1) is 25.3. The zero-order chi connectivity index (χ0) is 30.6. The van der Waals surface area contributed by atoms with Gasteiger partial charge in [0.05, 0.1) is 5.56 Å². The van der Waals surface area contributed by atoms with Crippen LogP contribution in [0.2, 0.25) is 0 Å². The van der Waals surface area contributed by atoms with Crippen LogP contribution in [0.15, 0.2) is 115 Å². The average molecular weight is 585 g/mol. The molecule has 0 amide bonds. The van der Waals surface area contributed by atoms with Crippen LogP contribution in [0.3, 0.4) is 0 Å². The number of hydrogen-bond donors (Lipinski definition) is 5. The van der Waals surface area contributed by atoms with Gasteiger partial charge in [0.15, 0.2) is 11.5 Å². The van der Waals surface area contributed by atoms with E-state index in [0.717, 1.165) is 59.4 Å². The smallest absolute Gasteiger partial charge is 0.208 e. The van der Waals surface area contributed by atoms with Gasteiger partial charge in [0.25, 0.3) is 0 Å². The Bertz CT molecular complexity index is 2540. The molecule has 0 fully saturated rings. The van der Waals surface area contributed by atoms with E-state index in [0.29, 0.717) is 16.3 Å². The Hall–Kier alpha value is -6.20. The Balaban J connectivity index is 1.63. The minimum atomic E-state index is -0.986. The summed E-state index contributed by atoms with van der Waals surface area (Å²) in [5.74, 6) is -4.24. The molecule has 5 N–H and O–H groups in total. The summed E-state index contributed by atoms with van der Waals surface area (Å²) in [7, 11) is 0. The third-order valence-corrected chi connectivity index (χ3v) is 9.34. The first-order valence-corrected chi connectivity index (χ1v) is 14.7. The Kier molecular flexibility index (Phi) is 5.01. The minimum absolute atomic E-state index is 0.161. The lowest BCUT2D eigenvalue weighted by molar-refractivity contribution is 0.330. The molecule has 12 bridgehead atoms. The quantitative estimate of drug-likeness (QED) is 0.0791. The SMILES string of the molecule is Oc1c(O)c(O)c(-c2c3cccc4c3cc3c2cccc3c2cccc3c(-c5ccccc5)c5cccc4c5cc32)c(O)c1O. The fourth-order valence-electron chi connectivity index (χ4n) is 7.38. The van der Waals surface area contributed by atoms with Crippen molar-refractivity contribution in [2.75, 3.05) is 0 Å². The molecule has 0 atom stereocenters. The molecule has 0 radical (unpaired) electrons. The lowest BCUT2D eigenvalue weighted by Gasteiger charge is -2.20. The second kappa shape index (κ2) is 8.91. The highest BCUT2D eigenvalue weighted by Gasteiger charge is 2.27. The van der Waals surface area contributed by atoms with E-state index in [1.54, 1.807) is 0 Å². The fraction of sp³-hybridized carbons (Fsp3) is 0. The van der Waals surface area contributed by atoms with Gasteiger partial charge >= 0.3 is 0 Å². The standard InChI is InChI=1S/C40H24O5/c41-36-35(37(42)39(44)40(45)38(36)43)34-27-16-6-12-23-21-10-4-14-25-29(21)18-30-22(24-13-7-17-28(34)32(24)19-31(23)27)11-5-15-26(30)33(25)20-8-2-1-3-9-20/h1-19,41-45H. The van der Waals surface area contributed by atoms with Crippen molar-refractivity contribution < 1.29 is 25.5 Å². The predicted octanol–water partition coefficient (Wildman–Crippen LogP) is 9.91. The van der Waals surface area contributed by atoms with E-state index < -0.39 is 28.7 Å². The van der Waals surface area contributed by atoms with Gasteiger partial charge in [-0.25, -0.2) is 0 Å². The molecule has 45 heavy (non-hydrogen) atoms. The molecule has 5 nitrogen and oxygen atoms in total. The number of rotatable bonds is 2. The summed E-state index contributed by atoms with van der Waals surface area (Å²) in [6, 6.07) is 39.4. The number of phenols is 5. The molecule has 0 aliphatic carbocycles. The molecule has 5 heteroatoms. The van der Waals surface area contributed by atoms with E-state index in [9.17, 15) is 25.5 Å². The van der Waals surface area contributed by atoms with Crippen LogP contribution < -0.4 is 0 Å². The zero-order valence-electron chi connectivity index (χ0n) is 23.7. The van der Waals surface area contributed by atoms with E-state index in [4.69, 9.17) is 0 Å². The van der Waals surface area contributed by atoms with E-state index >= 15 is 0 Å². The predicted molar refractivity (Wildman–Crippen MR) is 182 cm³/mol. The third kappa shape index (κ3) is 3.27. The van der Waals surface area contributed by atoms with Crippen LogP contribution in [0.25, 0.3) is 86.9 Å². The van der Waals surface area contributed by atoms with Crippen LogP contribution in [0.5, 0.6) is 28.7 Å². The molecule has 0 heterocycles. The molecule has 9 rings (SSSR count). The summed E-state index contributed by atoms with van der Waals surface area (Å²) in [6.07, 6.45) is 0. The molecule has 0 aromatic heterocycles. The summed E-state index contributed by atoms with van der Waals surface area (Å²) in [6.45, 7) is 0. The highest BCUT2D eigenvalue weighted by molar-refractivity contribution is 6.31. The van der Waals surface area contributed by atoms with E-state index in [1.165, 1.54) is 5.56 Å². The minimum Gasteiger partial charge on any atom is -0.504 e. The van der Waals surface area contributed by atoms with Crippen molar-refractivity contribution >= 4 is 64.6 Å². The van der Waals surface area contributed by atoms with Crippen LogP contribution in [-0.4, -0.2) is 25.5 Å². The van der Waals surface area contributed by atoms with Gasteiger partial charge in [0.2, 0.25) is 17.2 Å². The van der Waals surface area contributed by atoms with Gasteiger partial charge in [-0.1, -0.05) is 103 Å². The van der Waals surface area contributed by atoms with Crippen LogP contribution >= 0.6 is 0 Å². The zero-order valence-corrected chi connectivity index (χ0v) is 23.7. The van der Waals surface area contributed by atoms with E-state index in [1.807, 2.05) is 30.3 Å². The van der Waals surface area contributed by atoms with Crippen molar-refractivity contribution in [2.45, 2.75) is 0 Å². The van der Waals surface area contributed by atoms with Gasteiger partial charge < -0.3 is 25.5 Å². The van der Waals surface area contributed by atoms with Crippen LogP contribution in [-0.2, 0) is 0 Å². The lowest BCUT2D eigenvalue weighted by Crippen LogP contribution is -1.92. The second-order valence-electron chi connectivity index (χ2n) is 11.6. The highest BCUT2D eigenvalue weighted by atomic mass is 16.4. The van der Waals surface area contributed by atoms with Gasteiger partial charge in [-0.15, -0.1) is 0 Å². The lowest BCUT2D eigenvalue weighted by atomic mass is 9.84. The molecule has 9 aromatic carbocycles. The first-order chi connectivity index (χ1) is 21.9. The highest BCUT2D eigenvalue weighted by Crippen LogP contribution is 2.57. The normalized spacial score (nSPS) is 12.0. The number of benzene rings is 8. The van der Waals surface area contributed by atoms with Crippen LogP contribution in [0.4, 0.5) is 0 Å². The van der Waals surface area contributed by atoms with Crippen molar-refractivity contribution in [3.05, 3.63) is 115 Å². The summed E-state index contributed by atoms with van der Waals surface area (Å²) in [5.41, 5.74) is 2.57. The van der Waals surface area contributed by atoms with E-state index in [-0.39, 0.29) is 5.56 Å². The summed E-state index contributed by atoms with van der Waals surface area (Å²) < 4.78 is 0. The average Bonchev–Trinajstić information content (AvgIpc) is 3.08. The van der Waals surface area contributed by atoms with E-state index in [2.05, 4.69) is 84.9 Å². The number of hydrogen-bond acceptors (Lipinski definition) is 5. The summed E-state index contributed by atoms with van der Waals surface area (Å²) in [5, 5.41) is 65.3. The van der Waals surface area contributed by atoms with Gasteiger partial charge in [-0.3, -0.25) is 0 Å². The molecule has 0 aliphatic rings. The molecule has 0 spiro atoms. The second-order valence-corrected chi connectivity index (χ2v) is 11.6. The summed E-state index contributed by atoms with van der Waals surface area (Å²) in [4.78, 5) is 0. The van der Waals surface area contributed by atoms with Gasteiger partial charge in [0.1, 0.15) is 0 Å². The number of fused-ring (bicyclic) bond motifs is 2. The van der Waals surface area contributed by atoms with Crippen molar-refractivity contribution in [3.8, 4) is 51.0 Å². The van der Waals surface area contributed by atoms with Gasteiger partial charge in [0, 0.05) is 5.56 Å². The topological polar surface area (TPSA) is 101 Å². The number of aromatic hydroxyl groups is 5. The maximum atomic E-state index is 11.2. The van der Waals surface area contributed by atoms with Crippen molar-refractivity contribution in [3.63, 3.8) is 0 Å². The Labute approximate surface area is 256 Å². The van der Waals surface area contributed by atoms with Crippen molar-refractivity contribution in [2.24, 2.45) is 0 Å². The molecule has 214 valence electrons. The largest absolute Gasteiger partial charge is 0.504 e. The van der Waals surface area contributed by atoms with Crippen LogP contribution in [0.1, 0.15) is 0 Å². The molecular weight excluding hydrogens is 560 g/mol. The van der Waals surface area contributed by atoms with Crippen molar-refractivity contribution in [1.82, 2.24) is 0 Å². The first-order valence-electron chi connectivity index (χ1n) is 14.7. The molecule has 0 saturated heterocycles. The van der Waals surface area contributed by atoms with Crippen molar-refractivity contribution in [1.29, 1.82) is 0 Å². The molecular formula is C40H24O5. The van der Waals surface area contributed by atoms with Gasteiger partial charge in [-0.05, 0) is 87.9 Å². The molecule has 0 aliphatic heterocycles. The third-order valence-electron chi connectivity index (χ3n) is 9.34.